The third kappa shape index (κ3) is 5.99. The predicted octanol–water partition coefficient (Wildman–Crippen LogP) is 6.25. The standard InChI is InChI=1S/C25H18Cl2N2O4S/c26-20-10-9-17(12-21(20)27)14-29-24(31)22(34-25(29)32)13-16-5-4-8-19(11-16)33-15-23(30)28-18-6-2-1-3-7-18/h1-13H,14-15H2,(H,28,30)/b22-13-. The lowest BCUT2D eigenvalue weighted by Gasteiger charge is -2.13. The number of anilines is 1. The van der Waals surface area contributed by atoms with E-state index in [1.54, 1.807) is 60.7 Å². The summed E-state index contributed by atoms with van der Waals surface area (Å²) in [6.07, 6.45) is 1.62. The van der Waals surface area contributed by atoms with Crippen LogP contribution >= 0.6 is 35.0 Å². The molecule has 6 nitrogen and oxygen atoms in total. The highest BCUT2D eigenvalue weighted by Crippen LogP contribution is 2.34. The number of carbonyl (C=O) groups excluding carboxylic acids is 3. The third-order valence-corrected chi connectivity index (χ3v) is 6.43. The highest BCUT2D eigenvalue weighted by molar-refractivity contribution is 8.18. The first-order chi connectivity index (χ1) is 16.4. The number of hydrogen-bond acceptors (Lipinski definition) is 5. The fourth-order valence-corrected chi connectivity index (χ4v) is 4.33. The molecule has 0 atom stereocenters. The lowest BCUT2D eigenvalue weighted by molar-refractivity contribution is -0.123. The Morgan fingerprint density at radius 3 is 2.53 bits per heavy atom. The van der Waals surface area contributed by atoms with Crippen LogP contribution in [0.3, 0.4) is 0 Å². The summed E-state index contributed by atoms with van der Waals surface area (Å²) in [5.41, 5.74) is 2.05. The molecule has 0 spiro atoms. The zero-order valence-electron chi connectivity index (χ0n) is 17.7. The molecule has 0 saturated carbocycles. The number of benzene rings is 3. The van der Waals surface area contributed by atoms with Crippen molar-refractivity contribution in [3.05, 3.63) is 98.9 Å². The van der Waals surface area contributed by atoms with Gasteiger partial charge >= 0.3 is 0 Å². The van der Waals surface area contributed by atoms with Gasteiger partial charge in [0.2, 0.25) is 0 Å². The Morgan fingerprint density at radius 1 is 0.971 bits per heavy atom. The number of imide groups is 1. The minimum atomic E-state index is -0.394. The summed E-state index contributed by atoms with van der Waals surface area (Å²) in [4.78, 5) is 38.8. The van der Waals surface area contributed by atoms with Gasteiger partial charge in [-0.15, -0.1) is 0 Å². The molecule has 3 aromatic rings. The van der Waals surface area contributed by atoms with Gasteiger partial charge in [0, 0.05) is 5.69 Å². The van der Waals surface area contributed by atoms with E-state index in [2.05, 4.69) is 5.32 Å². The van der Waals surface area contributed by atoms with Gasteiger partial charge in [0.15, 0.2) is 6.61 Å². The van der Waals surface area contributed by atoms with Crippen LogP contribution in [0.4, 0.5) is 10.5 Å². The van der Waals surface area contributed by atoms with Crippen LogP contribution in [0.5, 0.6) is 5.75 Å². The first-order valence-electron chi connectivity index (χ1n) is 10.2. The van der Waals surface area contributed by atoms with E-state index in [0.717, 1.165) is 16.7 Å². The average molecular weight is 513 g/mol. The van der Waals surface area contributed by atoms with Gasteiger partial charge in [-0.3, -0.25) is 19.3 Å². The number of thioether (sulfide) groups is 1. The molecule has 1 N–H and O–H groups in total. The highest BCUT2D eigenvalue weighted by atomic mass is 35.5. The van der Waals surface area contributed by atoms with Gasteiger partial charge in [0.25, 0.3) is 17.1 Å². The lowest BCUT2D eigenvalue weighted by Crippen LogP contribution is -2.27. The van der Waals surface area contributed by atoms with Crippen molar-refractivity contribution in [3.8, 4) is 5.75 Å². The number of rotatable bonds is 7. The Kier molecular flexibility index (Phi) is 7.57. The maximum atomic E-state index is 12.8. The van der Waals surface area contributed by atoms with Gasteiger partial charge in [-0.25, -0.2) is 0 Å². The van der Waals surface area contributed by atoms with Crippen molar-refractivity contribution in [2.24, 2.45) is 0 Å². The van der Waals surface area contributed by atoms with E-state index >= 15 is 0 Å². The van der Waals surface area contributed by atoms with E-state index < -0.39 is 5.91 Å². The van der Waals surface area contributed by atoms with Crippen LogP contribution in [0.1, 0.15) is 11.1 Å². The Balaban J connectivity index is 1.40. The first-order valence-corrected chi connectivity index (χ1v) is 11.7. The van der Waals surface area contributed by atoms with Crippen molar-refractivity contribution >= 4 is 63.8 Å². The molecule has 172 valence electrons. The van der Waals surface area contributed by atoms with Crippen molar-refractivity contribution in [2.45, 2.75) is 6.54 Å². The van der Waals surface area contributed by atoms with Gasteiger partial charge < -0.3 is 10.1 Å². The van der Waals surface area contributed by atoms with Crippen LogP contribution < -0.4 is 10.1 Å². The zero-order chi connectivity index (χ0) is 24.1. The monoisotopic (exact) mass is 512 g/mol. The van der Waals surface area contributed by atoms with E-state index in [0.29, 0.717) is 37.5 Å². The molecule has 9 heteroatoms. The minimum absolute atomic E-state index is 0.0958. The summed E-state index contributed by atoms with van der Waals surface area (Å²) in [5.74, 6) is -0.221. The Labute approximate surface area is 210 Å². The molecule has 0 unspecified atom stereocenters. The third-order valence-electron chi connectivity index (χ3n) is 4.78. The summed E-state index contributed by atoms with van der Waals surface area (Å²) < 4.78 is 5.58. The Bertz CT molecular complexity index is 1280. The molecule has 3 aromatic carbocycles. The number of amides is 3. The summed E-state index contributed by atoms with van der Waals surface area (Å²) in [7, 11) is 0. The second kappa shape index (κ2) is 10.8. The molecule has 34 heavy (non-hydrogen) atoms. The maximum Gasteiger partial charge on any atom is 0.293 e. The first kappa shape index (κ1) is 23.9. The smallest absolute Gasteiger partial charge is 0.293 e. The molecule has 4 rings (SSSR count). The number of para-hydroxylation sites is 1. The van der Waals surface area contributed by atoms with Crippen LogP contribution in [0.15, 0.2) is 77.7 Å². The van der Waals surface area contributed by atoms with Crippen LogP contribution in [-0.4, -0.2) is 28.6 Å². The number of ether oxygens (including phenoxy) is 1. The molecule has 0 bridgehead atoms. The molecule has 1 aliphatic heterocycles. The second-order valence-corrected chi connectivity index (χ2v) is 9.10. The Hall–Kier alpha value is -3.26. The van der Waals surface area contributed by atoms with Crippen LogP contribution in [0, 0.1) is 0 Å². The van der Waals surface area contributed by atoms with Gasteiger partial charge in [-0.1, -0.05) is 59.6 Å². The molecule has 1 saturated heterocycles. The second-order valence-electron chi connectivity index (χ2n) is 7.29. The minimum Gasteiger partial charge on any atom is -0.484 e. The van der Waals surface area contributed by atoms with E-state index in [4.69, 9.17) is 27.9 Å². The van der Waals surface area contributed by atoms with Crippen molar-refractivity contribution in [3.63, 3.8) is 0 Å². The normalized spacial score (nSPS) is 14.5. The van der Waals surface area contributed by atoms with Gasteiger partial charge in [-0.05, 0) is 65.4 Å². The fourth-order valence-electron chi connectivity index (χ4n) is 3.17. The van der Waals surface area contributed by atoms with Crippen LogP contribution in [0.2, 0.25) is 10.0 Å². The summed E-state index contributed by atoms with van der Waals surface area (Å²) in [6.45, 7) is -0.0723. The number of nitrogens with zero attached hydrogens (tertiary/aromatic N) is 1. The molecular weight excluding hydrogens is 495 g/mol. The van der Waals surface area contributed by atoms with Crippen molar-refractivity contribution in [2.75, 3.05) is 11.9 Å². The lowest BCUT2D eigenvalue weighted by atomic mass is 10.2. The molecule has 1 heterocycles. The molecule has 1 fully saturated rings. The van der Waals surface area contributed by atoms with Crippen LogP contribution in [-0.2, 0) is 16.1 Å². The van der Waals surface area contributed by atoms with Crippen molar-refractivity contribution in [1.82, 2.24) is 4.90 Å². The van der Waals surface area contributed by atoms with E-state index in [1.807, 2.05) is 18.2 Å². The molecule has 0 radical (unpaired) electrons. The largest absolute Gasteiger partial charge is 0.484 e. The molecule has 0 aliphatic carbocycles. The molecule has 1 aliphatic rings. The molecule has 0 aromatic heterocycles. The van der Waals surface area contributed by atoms with E-state index in [9.17, 15) is 14.4 Å². The topological polar surface area (TPSA) is 75.7 Å². The Morgan fingerprint density at radius 2 is 1.76 bits per heavy atom. The molecular formula is C25H18Cl2N2O4S. The van der Waals surface area contributed by atoms with Crippen molar-refractivity contribution in [1.29, 1.82) is 0 Å². The fraction of sp³-hybridized carbons (Fsp3) is 0.0800. The van der Waals surface area contributed by atoms with Crippen LogP contribution in [0.25, 0.3) is 6.08 Å². The van der Waals surface area contributed by atoms with Crippen molar-refractivity contribution < 1.29 is 19.1 Å². The number of nitrogens with one attached hydrogen (secondary N) is 1. The van der Waals surface area contributed by atoms with E-state index in [1.165, 1.54) is 0 Å². The average Bonchev–Trinajstić information content (AvgIpc) is 3.08. The quantitative estimate of drug-likeness (QED) is 0.378. The maximum absolute atomic E-state index is 12.8. The number of halogens is 2. The molecule has 3 amide bonds. The highest BCUT2D eigenvalue weighted by Gasteiger charge is 2.35. The zero-order valence-corrected chi connectivity index (χ0v) is 20.0. The van der Waals surface area contributed by atoms with Gasteiger partial charge in [0.05, 0.1) is 21.5 Å². The summed E-state index contributed by atoms with van der Waals surface area (Å²) >= 11 is 12.8. The summed E-state index contributed by atoms with van der Waals surface area (Å²) in [6, 6.07) is 21.0. The van der Waals surface area contributed by atoms with Gasteiger partial charge in [0.1, 0.15) is 5.75 Å². The number of carbonyl (C=O) groups is 3. The predicted molar refractivity (Wildman–Crippen MR) is 135 cm³/mol. The van der Waals surface area contributed by atoms with E-state index in [-0.39, 0.29) is 24.3 Å². The summed E-state index contributed by atoms with van der Waals surface area (Å²) in [5, 5.41) is 3.14. The van der Waals surface area contributed by atoms with Gasteiger partial charge in [-0.2, -0.15) is 0 Å². The SMILES string of the molecule is O=C(COc1cccc(/C=C2\SC(=O)N(Cc3ccc(Cl)c(Cl)c3)C2=O)c1)Nc1ccccc1. The number of hydrogen-bond donors (Lipinski definition) is 1.